The van der Waals surface area contributed by atoms with Crippen LogP contribution in [0.2, 0.25) is 0 Å². The number of rotatable bonds is 9. The van der Waals surface area contributed by atoms with Gasteiger partial charge >= 0.3 is 0 Å². The number of halogens is 1. The number of carbonyl (C=O) groups is 1. The van der Waals surface area contributed by atoms with Crippen molar-refractivity contribution in [1.29, 1.82) is 0 Å². The van der Waals surface area contributed by atoms with Crippen LogP contribution in [0.3, 0.4) is 0 Å². The van der Waals surface area contributed by atoms with Gasteiger partial charge in [-0.25, -0.2) is 9.37 Å². The zero-order valence-electron chi connectivity index (χ0n) is 17.6. The minimum atomic E-state index is -0.330. The molecule has 1 amide bonds. The van der Waals surface area contributed by atoms with Crippen molar-refractivity contribution in [3.8, 4) is 0 Å². The molecule has 2 saturated carbocycles. The van der Waals surface area contributed by atoms with E-state index in [9.17, 15) is 9.18 Å². The van der Waals surface area contributed by atoms with Crippen molar-refractivity contribution in [3.63, 3.8) is 0 Å². The van der Waals surface area contributed by atoms with Crippen LogP contribution in [0.5, 0.6) is 0 Å². The molecular weight excluding hydrogens is 369 g/mol. The van der Waals surface area contributed by atoms with Gasteiger partial charge in [0.25, 0.3) is 0 Å². The normalized spacial score (nSPS) is 18.4. The Morgan fingerprint density at radius 1 is 1.31 bits per heavy atom. The third-order valence-corrected chi connectivity index (χ3v) is 6.48. The summed E-state index contributed by atoms with van der Waals surface area (Å²) in [6, 6.07) is 1.84. The van der Waals surface area contributed by atoms with Gasteiger partial charge in [0.1, 0.15) is 11.5 Å². The minimum absolute atomic E-state index is 0.0677. The first-order chi connectivity index (χ1) is 14.1. The lowest BCUT2D eigenvalue weighted by Crippen LogP contribution is -2.39. The monoisotopic (exact) mass is 401 g/mol. The van der Waals surface area contributed by atoms with E-state index in [0.29, 0.717) is 11.9 Å². The third-order valence-electron chi connectivity index (χ3n) is 6.48. The second-order valence-electron chi connectivity index (χ2n) is 8.64. The molecule has 0 aliphatic heterocycles. The molecule has 0 N–H and O–H groups in total. The summed E-state index contributed by atoms with van der Waals surface area (Å²) in [6.07, 6.45) is 11.8. The molecule has 0 radical (unpaired) electrons. The molecule has 4 rings (SSSR count). The summed E-state index contributed by atoms with van der Waals surface area (Å²) in [5, 5.41) is 0.828. The van der Waals surface area contributed by atoms with Gasteiger partial charge in [-0.1, -0.05) is 12.8 Å². The summed E-state index contributed by atoms with van der Waals surface area (Å²) >= 11 is 0. The lowest BCUT2D eigenvalue weighted by Gasteiger charge is -2.31. The Labute approximate surface area is 172 Å². The Morgan fingerprint density at radius 3 is 2.76 bits per heavy atom. The minimum Gasteiger partial charge on any atom is -0.385 e. The highest BCUT2D eigenvalue weighted by atomic mass is 19.1. The van der Waals surface area contributed by atoms with E-state index in [4.69, 9.17) is 4.74 Å². The van der Waals surface area contributed by atoms with Crippen molar-refractivity contribution in [2.75, 3.05) is 13.7 Å². The average molecular weight is 402 g/mol. The molecule has 0 bridgehead atoms. The van der Waals surface area contributed by atoms with Crippen LogP contribution in [-0.4, -0.2) is 40.1 Å². The molecule has 2 fully saturated rings. The maximum Gasteiger partial charge on any atom is 0.226 e. The molecule has 0 spiro atoms. The highest BCUT2D eigenvalue weighted by Gasteiger charge is 2.40. The first-order valence-corrected chi connectivity index (χ1v) is 11.1. The van der Waals surface area contributed by atoms with E-state index in [-0.39, 0.29) is 17.8 Å². The summed E-state index contributed by atoms with van der Waals surface area (Å²) in [6.45, 7) is 3.64. The molecule has 5 nitrogen and oxygen atoms in total. The van der Waals surface area contributed by atoms with Crippen LogP contribution >= 0.6 is 0 Å². The van der Waals surface area contributed by atoms with Crippen LogP contribution in [0.25, 0.3) is 11.0 Å². The van der Waals surface area contributed by atoms with Crippen molar-refractivity contribution >= 4 is 16.9 Å². The van der Waals surface area contributed by atoms with Crippen LogP contribution in [-0.2, 0) is 16.1 Å². The maximum absolute atomic E-state index is 14.0. The number of aromatic nitrogens is 2. The number of amides is 1. The second kappa shape index (κ2) is 8.82. The SMILES string of the molecule is COCCCCn1cc(C(C)N(C(=O)C2CCCC2)C2CC2)c2cc(F)cnc21. The lowest BCUT2D eigenvalue weighted by molar-refractivity contribution is -0.138. The summed E-state index contributed by atoms with van der Waals surface area (Å²) in [5.41, 5.74) is 1.81. The topological polar surface area (TPSA) is 47.4 Å². The van der Waals surface area contributed by atoms with E-state index in [1.54, 1.807) is 13.2 Å². The Bertz CT molecular complexity index is 855. The standard InChI is InChI=1S/C23H32FN3O2/c1-16(27(19-9-10-19)23(28)17-7-3-4-8-17)21-15-26(11-5-6-12-29-2)22-20(21)13-18(24)14-25-22/h13-17,19H,3-12H2,1-2H3. The third kappa shape index (κ3) is 4.32. The highest BCUT2D eigenvalue weighted by molar-refractivity contribution is 5.84. The van der Waals surface area contributed by atoms with Gasteiger partial charge in [-0.3, -0.25) is 4.79 Å². The van der Waals surface area contributed by atoms with Crippen LogP contribution < -0.4 is 0 Å². The van der Waals surface area contributed by atoms with Gasteiger partial charge in [0, 0.05) is 49.4 Å². The van der Waals surface area contributed by atoms with Gasteiger partial charge in [-0.15, -0.1) is 0 Å². The molecular formula is C23H32FN3O2. The molecule has 2 heterocycles. The molecule has 29 heavy (non-hydrogen) atoms. The Hall–Kier alpha value is -1.95. The number of aryl methyl sites for hydroxylation is 1. The molecule has 6 heteroatoms. The fraction of sp³-hybridized carbons (Fsp3) is 0.652. The largest absolute Gasteiger partial charge is 0.385 e. The summed E-state index contributed by atoms with van der Waals surface area (Å²) in [4.78, 5) is 19.8. The van der Waals surface area contributed by atoms with Crippen molar-refractivity contribution in [2.45, 2.75) is 76.9 Å². The first-order valence-electron chi connectivity index (χ1n) is 11.1. The lowest BCUT2D eigenvalue weighted by atomic mass is 10.0. The predicted octanol–water partition coefficient (Wildman–Crippen LogP) is 4.84. The summed E-state index contributed by atoms with van der Waals surface area (Å²) < 4.78 is 21.3. The van der Waals surface area contributed by atoms with Crippen LogP contribution in [0.1, 0.15) is 69.9 Å². The van der Waals surface area contributed by atoms with E-state index in [0.717, 1.165) is 81.1 Å². The molecule has 2 aliphatic rings. The Balaban J connectivity index is 1.63. The number of nitrogens with zero attached hydrogens (tertiary/aromatic N) is 3. The first kappa shape index (κ1) is 20.3. The van der Waals surface area contributed by atoms with Crippen LogP contribution in [0.15, 0.2) is 18.5 Å². The number of hydrogen-bond acceptors (Lipinski definition) is 3. The second-order valence-corrected chi connectivity index (χ2v) is 8.64. The van der Waals surface area contributed by atoms with E-state index < -0.39 is 0 Å². The molecule has 158 valence electrons. The van der Waals surface area contributed by atoms with Crippen molar-refractivity contribution in [1.82, 2.24) is 14.5 Å². The zero-order chi connectivity index (χ0) is 20.4. The number of carbonyl (C=O) groups excluding carboxylic acids is 1. The Morgan fingerprint density at radius 2 is 2.07 bits per heavy atom. The predicted molar refractivity (Wildman–Crippen MR) is 111 cm³/mol. The molecule has 2 aromatic heterocycles. The quantitative estimate of drug-likeness (QED) is 0.565. The number of hydrogen-bond donors (Lipinski definition) is 0. The summed E-state index contributed by atoms with van der Waals surface area (Å²) in [5.74, 6) is 0.126. The van der Waals surface area contributed by atoms with E-state index in [2.05, 4.69) is 27.6 Å². The van der Waals surface area contributed by atoms with E-state index >= 15 is 0 Å². The fourth-order valence-electron chi connectivity index (χ4n) is 4.78. The van der Waals surface area contributed by atoms with Gasteiger partial charge in [0.05, 0.1) is 12.2 Å². The molecule has 1 unspecified atom stereocenters. The van der Waals surface area contributed by atoms with Crippen LogP contribution in [0.4, 0.5) is 4.39 Å². The van der Waals surface area contributed by atoms with Gasteiger partial charge in [0.15, 0.2) is 0 Å². The van der Waals surface area contributed by atoms with Gasteiger partial charge in [0.2, 0.25) is 5.91 Å². The van der Waals surface area contributed by atoms with Crippen molar-refractivity contribution < 1.29 is 13.9 Å². The van der Waals surface area contributed by atoms with Gasteiger partial charge < -0.3 is 14.2 Å². The number of unbranched alkanes of at least 4 members (excludes halogenated alkanes) is 1. The highest BCUT2D eigenvalue weighted by Crippen LogP contribution is 2.40. The van der Waals surface area contributed by atoms with Crippen molar-refractivity contribution in [3.05, 3.63) is 29.8 Å². The molecule has 2 aliphatic carbocycles. The van der Waals surface area contributed by atoms with Crippen LogP contribution in [0, 0.1) is 11.7 Å². The number of ether oxygens (including phenoxy) is 1. The number of methoxy groups -OCH3 is 1. The zero-order valence-corrected chi connectivity index (χ0v) is 17.6. The number of pyridine rings is 1. The summed E-state index contributed by atoms with van der Waals surface area (Å²) in [7, 11) is 1.71. The molecule has 0 saturated heterocycles. The molecule has 0 aromatic carbocycles. The van der Waals surface area contributed by atoms with Gasteiger partial charge in [-0.2, -0.15) is 0 Å². The average Bonchev–Trinajstić information content (AvgIpc) is 3.26. The Kier molecular flexibility index (Phi) is 6.18. The molecule has 2 aromatic rings. The number of fused-ring (bicyclic) bond motifs is 1. The molecule has 1 atom stereocenters. The van der Waals surface area contributed by atoms with E-state index in [1.165, 1.54) is 6.20 Å². The van der Waals surface area contributed by atoms with Gasteiger partial charge in [-0.05, 0) is 51.5 Å². The van der Waals surface area contributed by atoms with E-state index in [1.807, 2.05) is 0 Å². The maximum atomic E-state index is 14.0. The fourth-order valence-corrected chi connectivity index (χ4v) is 4.78. The van der Waals surface area contributed by atoms with Crippen molar-refractivity contribution in [2.24, 2.45) is 5.92 Å². The smallest absolute Gasteiger partial charge is 0.226 e.